The largest absolute Gasteiger partial charge is 0.394 e. The summed E-state index contributed by atoms with van der Waals surface area (Å²) in [4.78, 5) is 11.9. The zero-order valence-electron chi connectivity index (χ0n) is 14.6. The molecule has 5 heteroatoms. The van der Waals surface area contributed by atoms with Crippen molar-refractivity contribution < 1.29 is 14.3 Å². The van der Waals surface area contributed by atoms with Crippen molar-refractivity contribution in [2.24, 2.45) is 0 Å². The number of aliphatic hydroxyl groups is 1. The van der Waals surface area contributed by atoms with Crippen molar-refractivity contribution in [1.29, 1.82) is 0 Å². The van der Waals surface area contributed by atoms with E-state index in [4.69, 9.17) is 5.11 Å². The van der Waals surface area contributed by atoms with E-state index in [1.165, 1.54) is 12.1 Å². The van der Waals surface area contributed by atoms with E-state index in [2.05, 4.69) is 10.6 Å². The number of aliphatic hydroxyl groups excluding tert-OH is 1. The number of halogens is 1. The van der Waals surface area contributed by atoms with Gasteiger partial charge in [-0.2, -0.15) is 0 Å². The highest BCUT2D eigenvalue weighted by Crippen LogP contribution is 2.20. The Morgan fingerprint density at radius 2 is 1.76 bits per heavy atom. The first-order chi connectivity index (χ1) is 12.0. The minimum Gasteiger partial charge on any atom is -0.394 e. The number of benzene rings is 2. The molecule has 0 heterocycles. The number of amides is 1. The van der Waals surface area contributed by atoms with Gasteiger partial charge in [-0.25, -0.2) is 4.39 Å². The lowest BCUT2D eigenvalue weighted by Gasteiger charge is -2.16. The van der Waals surface area contributed by atoms with Crippen molar-refractivity contribution in [3.8, 4) is 0 Å². The van der Waals surface area contributed by atoms with E-state index >= 15 is 0 Å². The van der Waals surface area contributed by atoms with Crippen molar-refractivity contribution in [2.75, 3.05) is 11.9 Å². The summed E-state index contributed by atoms with van der Waals surface area (Å²) in [6.45, 7) is 3.88. The fourth-order valence-corrected chi connectivity index (χ4v) is 2.54. The molecule has 2 aromatic carbocycles. The molecule has 0 spiro atoms. The second kappa shape index (κ2) is 9.18. The maximum Gasteiger partial charge on any atom is 0.224 e. The highest BCUT2D eigenvalue weighted by molar-refractivity contribution is 5.79. The van der Waals surface area contributed by atoms with Crippen LogP contribution in [0.4, 0.5) is 10.1 Å². The van der Waals surface area contributed by atoms with Crippen LogP contribution in [0, 0.1) is 5.82 Å². The Hall–Kier alpha value is -2.40. The van der Waals surface area contributed by atoms with E-state index in [9.17, 15) is 9.18 Å². The number of carbonyl (C=O) groups is 1. The molecular formula is C20H25FN2O2. The van der Waals surface area contributed by atoms with Gasteiger partial charge in [-0.1, -0.05) is 31.2 Å². The minimum atomic E-state index is -0.245. The Labute approximate surface area is 148 Å². The lowest BCUT2D eigenvalue weighted by atomic mass is 10.1. The van der Waals surface area contributed by atoms with Crippen LogP contribution < -0.4 is 10.6 Å². The van der Waals surface area contributed by atoms with E-state index in [1.807, 2.05) is 38.1 Å². The third-order valence-electron chi connectivity index (χ3n) is 4.15. The highest BCUT2D eigenvalue weighted by Gasteiger charge is 2.10. The molecule has 0 bridgehead atoms. The van der Waals surface area contributed by atoms with Crippen LogP contribution in [0.15, 0.2) is 48.5 Å². The molecule has 0 saturated heterocycles. The molecule has 0 aliphatic rings. The van der Waals surface area contributed by atoms with Gasteiger partial charge in [0.2, 0.25) is 5.91 Å². The standard InChI is InChI=1S/C20H25FN2O2/c1-3-18(13-24)23-20(25)12-15-4-10-19(11-5-15)22-14(2)16-6-8-17(21)9-7-16/h4-11,14,18,22,24H,3,12-13H2,1-2H3,(H,23,25). The van der Waals surface area contributed by atoms with Gasteiger partial charge in [-0.15, -0.1) is 0 Å². The Kier molecular flexibility index (Phi) is 6.95. The van der Waals surface area contributed by atoms with Gasteiger partial charge in [0.25, 0.3) is 0 Å². The lowest BCUT2D eigenvalue weighted by molar-refractivity contribution is -0.121. The minimum absolute atomic E-state index is 0.0459. The van der Waals surface area contributed by atoms with Gasteiger partial charge < -0.3 is 15.7 Å². The fraction of sp³-hybridized carbons (Fsp3) is 0.350. The van der Waals surface area contributed by atoms with E-state index in [-0.39, 0.29) is 36.8 Å². The van der Waals surface area contributed by atoms with Crippen LogP contribution in [0.3, 0.4) is 0 Å². The van der Waals surface area contributed by atoms with Gasteiger partial charge in [0.15, 0.2) is 0 Å². The molecule has 2 unspecified atom stereocenters. The first-order valence-electron chi connectivity index (χ1n) is 8.53. The molecule has 0 aliphatic carbocycles. The first kappa shape index (κ1) is 18.9. The summed E-state index contributed by atoms with van der Waals surface area (Å²) in [5, 5.41) is 15.3. The Bertz CT molecular complexity index is 667. The molecule has 0 aliphatic heterocycles. The van der Waals surface area contributed by atoms with Gasteiger partial charge in [0.1, 0.15) is 5.82 Å². The van der Waals surface area contributed by atoms with Gasteiger partial charge in [0, 0.05) is 11.7 Å². The quantitative estimate of drug-likeness (QED) is 0.687. The summed E-state index contributed by atoms with van der Waals surface area (Å²) in [5.41, 5.74) is 2.84. The average Bonchev–Trinajstić information content (AvgIpc) is 2.61. The number of hydrogen-bond acceptors (Lipinski definition) is 3. The molecule has 0 fully saturated rings. The monoisotopic (exact) mass is 344 g/mol. The number of nitrogens with one attached hydrogen (secondary N) is 2. The zero-order valence-corrected chi connectivity index (χ0v) is 14.6. The van der Waals surface area contributed by atoms with Crippen LogP contribution in [0.25, 0.3) is 0 Å². The van der Waals surface area contributed by atoms with Crippen LogP contribution in [0.1, 0.15) is 37.4 Å². The predicted octanol–water partition coefficient (Wildman–Crippen LogP) is 3.43. The Morgan fingerprint density at radius 3 is 2.32 bits per heavy atom. The van der Waals surface area contributed by atoms with Crippen molar-refractivity contribution >= 4 is 11.6 Å². The average molecular weight is 344 g/mol. The number of carbonyl (C=O) groups excluding carboxylic acids is 1. The van der Waals surface area contributed by atoms with Crippen LogP contribution >= 0.6 is 0 Å². The molecule has 4 nitrogen and oxygen atoms in total. The van der Waals surface area contributed by atoms with Crippen molar-refractivity contribution in [3.63, 3.8) is 0 Å². The summed E-state index contributed by atoms with van der Waals surface area (Å²) in [6.07, 6.45) is 0.983. The van der Waals surface area contributed by atoms with E-state index in [0.29, 0.717) is 6.42 Å². The maximum atomic E-state index is 13.0. The first-order valence-corrected chi connectivity index (χ1v) is 8.53. The fourth-order valence-electron chi connectivity index (χ4n) is 2.54. The summed E-state index contributed by atoms with van der Waals surface area (Å²) >= 11 is 0. The number of anilines is 1. The summed E-state index contributed by atoms with van der Waals surface area (Å²) in [5.74, 6) is -0.341. The van der Waals surface area contributed by atoms with E-state index in [0.717, 1.165) is 16.8 Å². The molecule has 1 amide bonds. The molecule has 2 rings (SSSR count). The normalized spacial score (nSPS) is 13.1. The van der Waals surface area contributed by atoms with Crippen LogP contribution in [-0.4, -0.2) is 23.7 Å². The topological polar surface area (TPSA) is 61.4 Å². The second-order valence-electron chi connectivity index (χ2n) is 6.15. The Balaban J connectivity index is 1.91. The third kappa shape index (κ3) is 5.87. The van der Waals surface area contributed by atoms with E-state index < -0.39 is 0 Å². The SMILES string of the molecule is CCC(CO)NC(=O)Cc1ccc(NC(C)c2ccc(F)cc2)cc1. The second-order valence-corrected chi connectivity index (χ2v) is 6.15. The zero-order chi connectivity index (χ0) is 18.2. The van der Waals surface area contributed by atoms with Gasteiger partial charge >= 0.3 is 0 Å². The van der Waals surface area contributed by atoms with Gasteiger partial charge in [-0.05, 0) is 48.7 Å². The van der Waals surface area contributed by atoms with E-state index in [1.54, 1.807) is 12.1 Å². The van der Waals surface area contributed by atoms with Crippen LogP contribution in [0.2, 0.25) is 0 Å². The molecular weight excluding hydrogens is 319 g/mol. The molecule has 0 aromatic heterocycles. The number of hydrogen-bond donors (Lipinski definition) is 3. The summed E-state index contributed by atoms with van der Waals surface area (Å²) in [7, 11) is 0. The molecule has 2 atom stereocenters. The molecule has 3 N–H and O–H groups in total. The smallest absolute Gasteiger partial charge is 0.224 e. The molecule has 2 aromatic rings. The number of rotatable bonds is 8. The molecule has 25 heavy (non-hydrogen) atoms. The van der Waals surface area contributed by atoms with Crippen molar-refractivity contribution in [1.82, 2.24) is 5.32 Å². The Morgan fingerprint density at radius 1 is 1.12 bits per heavy atom. The van der Waals surface area contributed by atoms with Gasteiger partial charge in [0.05, 0.1) is 19.1 Å². The van der Waals surface area contributed by atoms with Crippen molar-refractivity contribution in [3.05, 3.63) is 65.5 Å². The predicted molar refractivity (Wildman–Crippen MR) is 97.9 cm³/mol. The van der Waals surface area contributed by atoms with Crippen LogP contribution in [-0.2, 0) is 11.2 Å². The van der Waals surface area contributed by atoms with Crippen molar-refractivity contribution in [2.45, 2.75) is 38.8 Å². The van der Waals surface area contributed by atoms with Gasteiger partial charge in [-0.3, -0.25) is 4.79 Å². The summed E-state index contributed by atoms with van der Waals surface area (Å²) in [6, 6.07) is 13.9. The maximum absolute atomic E-state index is 13.0. The third-order valence-corrected chi connectivity index (χ3v) is 4.15. The summed E-state index contributed by atoms with van der Waals surface area (Å²) < 4.78 is 13.0. The lowest BCUT2D eigenvalue weighted by Crippen LogP contribution is -2.37. The molecule has 0 saturated carbocycles. The molecule has 0 radical (unpaired) electrons. The van der Waals surface area contributed by atoms with Crippen LogP contribution in [0.5, 0.6) is 0 Å². The highest BCUT2D eigenvalue weighted by atomic mass is 19.1. The molecule has 134 valence electrons.